The van der Waals surface area contributed by atoms with Crippen LogP contribution < -0.4 is 5.32 Å². The molecular weight excluding hydrogens is 464 g/mol. The molecule has 8 nitrogen and oxygen atoms in total. The van der Waals surface area contributed by atoms with E-state index in [1.165, 1.54) is 18.4 Å². The van der Waals surface area contributed by atoms with Gasteiger partial charge in [-0.1, -0.05) is 13.3 Å². The topological polar surface area (TPSA) is 86.5 Å². The van der Waals surface area contributed by atoms with Crippen LogP contribution in [0.1, 0.15) is 88.7 Å². The summed E-state index contributed by atoms with van der Waals surface area (Å²) in [6.07, 6.45) is 14.4. The first kappa shape index (κ1) is 25.1. The number of fused-ring (bicyclic) bond motifs is 1. The van der Waals surface area contributed by atoms with E-state index >= 15 is 0 Å². The lowest BCUT2D eigenvalue weighted by Crippen LogP contribution is -2.46. The van der Waals surface area contributed by atoms with Crippen molar-refractivity contribution >= 4 is 22.9 Å². The molecule has 2 N–H and O–H groups in total. The van der Waals surface area contributed by atoms with Gasteiger partial charge in [0.15, 0.2) is 0 Å². The minimum absolute atomic E-state index is 0.164. The highest BCUT2D eigenvalue weighted by atomic mass is 16.3. The number of hydrogen-bond donors (Lipinski definition) is 2. The first-order chi connectivity index (χ1) is 18.0. The van der Waals surface area contributed by atoms with Crippen molar-refractivity contribution in [3.05, 3.63) is 18.0 Å². The summed E-state index contributed by atoms with van der Waals surface area (Å²) in [5.74, 6) is 2.43. The fourth-order valence-electron chi connectivity index (χ4n) is 7.14. The quantitative estimate of drug-likeness (QED) is 0.609. The third-order valence-corrected chi connectivity index (χ3v) is 9.64. The van der Waals surface area contributed by atoms with Crippen LogP contribution in [0.2, 0.25) is 0 Å². The van der Waals surface area contributed by atoms with Crippen molar-refractivity contribution < 1.29 is 9.90 Å². The second-order valence-electron chi connectivity index (χ2n) is 12.2. The number of aliphatic hydroxyl groups excluding tert-OH is 1. The highest BCUT2D eigenvalue weighted by Crippen LogP contribution is 2.40. The number of carbonyl (C=O) groups is 1. The number of amides is 1. The molecule has 0 spiro atoms. The van der Waals surface area contributed by atoms with Gasteiger partial charge in [0.2, 0.25) is 11.9 Å². The zero-order valence-corrected chi connectivity index (χ0v) is 22.6. The highest BCUT2D eigenvalue weighted by Gasteiger charge is 2.36. The summed E-state index contributed by atoms with van der Waals surface area (Å²) < 4.78 is 2.39. The van der Waals surface area contributed by atoms with Gasteiger partial charge in [0, 0.05) is 49.5 Å². The maximum atomic E-state index is 13.2. The number of anilines is 1. The van der Waals surface area contributed by atoms with Crippen LogP contribution in [0.4, 0.5) is 5.95 Å². The standard InChI is InChI=1S/C29H44N6O2/c1-3-19-15-26(19)31-29-30-16-24-25(18-35(27(24)32-29)22-6-8-23(36)9-7-22)20-10-13-34(14-11-20)28(37)21-5-4-12-33(2)17-21/h16,18-23,26,36H,3-15,17H2,1-2H3,(H,30,31,32)/t19-,21?,22-,23-,26-/m1/s1. The maximum absolute atomic E-state index is 13.2. The Morgan fingerprint density at radius 2 is 1.89 bits per heavy atom. The molecule has 0 radical (unpaired) electrons. The Kier molecular flexibility index (Phi) is 7.14. The number of nitrogens with zero attached hydrogens (tertiary/aromatic N) is 5. The van der Waals surface area contributed by atoms with Crippen LogP contribution in [0, 0.1) is 11.8 Å². The van der Waals surface area contributed by atoms with E-state index in [2.05, 4.69) is 39.9 Å². The Balaban J connectivity index is 1.21. The Hall–Kier alpha value is -2.19. The average Bonchev–Trinajstić information content (AvgIpc) is 3.57. The minimum Gasteiger partial charge on any atom is -0.393 e. The molecule has 2 aliphatic heterocycles. The molecule has 1 unspecified atom stereocenters. The van der Waals surface area contributed by atoms with Crippen molar-refractivity contribution in [3.63, 3.8) is 0 Å². The lowest BCUT2D eigenvalue weighted by Gasteiger charge is -2.37. The number of carbonyl (C=O) groups excluding carboxylic acids is 1. The molecule has 2 aliphatic carbocycles. The largest absolute Gasteiger partial charge is 0.393 e. The van der Waals surface area contributed by atoms with E-state index in [4.69, 9.17) is 9.97 Å². The third-order valence-electron chi connectivity index (χ3n) is 9.64. The van der Waals surface area contributed by atoms with Gasteiger partial charge >= 0.3 is 0 Å². The van der Waals surface area contributed by atoms with E-state index in [1.807, 2.05) is 6.20 Å². The summed E-state index contributed by atoms with van der Waals surface area (Å²) in [7, 11) is 2.13. The molecule has 202 valence electrons. The fourth-order valence-corrected chi connectivity index (χ4v) is 7.14. The van der Waals surface area contributed by atoms with Crippen LogP contribution in [0.3, 0.4) is 0 Å². The average molecular weight is 509 g/mol. The zero-order valence-electron chi connectivity index (χ0n) is 22.6. The molecule has 4 heterocycles. The normalized spacial score (nSPS) is 31.5. The predicted octanol–water partition coefficient (Wildman–Crippen LogP) is 4.17. The smallest absolute Gasteiger partial charge is 0.226 e. The molecule has 37 heavy (non-hydrogen) atoms. The first-order valence-corrected chi connectivity index (χ1v) is 14.8. The van der Waals surface area contributed by atoms with E-state index in [1.54, 1.807) is 0 Å². The van der Waals surface area contributed by atoms with Gasteiger partial charge < -0.3 is 24.8 Å². The number of rotatable bonds is 6. The van der Waals surface area contributed by atoms with Crippen molar-refractivity contribution in [2.24, 2.45) is 11.8 Å². The molecule has 0 bridgehead atoms. The zero-order chi connectivity index (χ0) is 25.5. The van der Waals surface area contributed by atoms with Gasteiger partial charge in [-0.3, -0.25) is 4.79 Å². The second kappa shape index (κ2) is 10.5. The van der Waals surface area contributed by atoms with Gasteiger partial charge in [-0.05, 0) is 88.8 Å². The van der Waals surface area contributed by atoms with E-state index in [0.29, 0.717) is 23.9 Å². The highest BCUT2D eigenvalue weighted by molar-refractivity contribution is 5.82. The summed E-state index contributed by atoms with van der Waals surface area (Å²) in [6.45, 7) is 5.93. The molecule has 1 amide bonds. The molecule has 2 saturated heterocycles. The summed E-state index contributed by atoms with van der Waals surface area (Å²) in [5, 5.41) is 14.8. The number of likely N-dealkylation sites (tertiary alicyclic amines) is 2. The molecular formula is C29H44N6O2. The van der Waals surface area contributed by atoms with Gasteiger partial charge in [0.05, 0.1) is 12.0 Å². The van der Waals surface area contributed by atoms with Crippen molar-refractivity contribution in [1.82, 2.24) is 24.3 Å². The predicted molar refractivity (Wildman–Crippen MR) is 146 cm³/mol. The molecule has 2 aromatic heterocycles. The molecule has 2 aromatic rings. The molecule has 4 aliphatic rings. The summed E-state index contributed by atoms with van der Waals surface area (Å²) >= 11 is 0. The van der Waals surface area contributed by atoms with Crippen LogP contribution in [0.15, 0.2) is 12.4 Å². The van der Waals surface area contributed by atoms with Gasteiger partial charge in [0.1, 0.15) is 5.65 Å². The molecule has 4 fully saturated rings. The Labute approximate surface area is 220 Å². The minimum atomic E-state index is -0.170. The molecule has 0 aromatic carbocycles. The number of aliphatic hydroxyl groups is 1. The van der Waals surface area contributed by atoms with Crippen molar-refractivity contribution in [3.8, 4) is 0 Å². The van der Waals surface area contributed by atoms with Crippen molar-refractivity contribution in [2.75, 3.05) is 38.5 Å². The van der Waals surface area contributed by atoms with Crippen molar-refractivity contribution in [2.45, 2.75) is 95.2 Å². The number of nitrogens with one attached hydrogen (secondary N) is 1. The van der Waals surface area contributed by atoms with E-state index in [-0.39, 0.29) is 12.0 Å². The maximum Gasteiger partial charge on any atom is 0.226 e. The Morgan fingerprint density at radius 3 is 2.59 bits per heavy atom. The summed E-state index contributed by atoms with van der Waals surface area (Å²) in [4.78, 5) is 27.4. The van der Waals surface area contributed by atoms with Crippen LogP contribution in [-0.2, 0) is 4.79 Å². The Morgan fingerprint density at radius 1 is 1.11 bits per heavy atom. The SMILES string of the molecule is CC[C@@H]1C[C@H]1Nc1ncc2c(C3CCN(C(=O)C4CCCN(C)C4)CC3)cn([C@H]3CC[C@H](O)CC3)c2n1. The number of hydrogen-bond acceptors (Lipinski definition) is 6. The van der Waals surface area contributed by atoms with Gasteiger partial charge in [-0.2, -0.15) is 4.98 Å². The van der Waals surface area contributed by atoms with Crippen LogP contribution in [-0.4, -0.2) is 80.7 Å². The molecule has 6 rings (SSSR count). The second-order valence-corrected chi connectivity index (χ2v) is 12.2. The van der Waals surface area contributed by atoms with E-state index in [9.17, 15) is 9.90 Å². The fraction of sp³-hybridized carbons (Fsp3) is 0.759. The van der Waals surface area contributed by atoms with Gasteiger partial charge in [0.25, 0.3) is 0 Å². The lowest BCUT2D eigenvalue weighted by atomic mass is 9.88. The molecule has 2 saturated carbocycles. The summed E-state index contributed by atoms with van der Waals surface area (Å²) in [5.41, 5.74) is 2.38. The number of aromatic nitrogens is 3. The van der Waals surface area contributed by atoms with Crippen LogP contribution in [0.25, 0.3) is 11.0 Å². The lowest BCUT2D eigenvalue weighted by molar-refractivity contribution is -0.138. The van der Waals surface area contributed by atoms with Crippen LogP contribution in [0.5, 0.6) is 0 Å². The van der Waals surface area contributed by atoms with Gasteiger partial charge in [-0.25, -0.2) is 4.98 Å². The monoisotopic (exact) mass is 508 g/mol. The molecule has 3 atom stereocenters. The summed E-state index contributed by atoms with van der Waals surface area (Å²) in [6, 6.07) is 0.873. The van der Waals surface area contributed by atoms with E-state index < -0.39 is 0 Å². The number of piperidine rings is 2. The van der Waals surface area contributed by atoms with Gasteiger partial charge in [-0.15, -0.1) is 0 Å². The van der Waals surface area contributed by atoms with E-state index in [0.717, 1.165) is 100 Å². The Bertz CT molecular complexity index is 1100. The van der Waals surface area contributed by atoms with Crippen LogP contribution >= 0.6 is 0 Å². The first-order valence-electron chi connectivity index (χ1n) is 14.8. The third kappa shape index (κ3) is 5.24. The molecule has 8 heteroatoms. The van der Waals surface area contributed by atoms with Crippen molar-refractivity contribution in [1.29, 1.82) is 0 Å².